The van der Waals surface area contributed by atoms with E-state index in [4.69, 9.17) is 0 Å². The summed E-state index contributed by atoms with van der Waals surface area (Å²) >= 11 is 0. The molecule has 126 valence electrons. The Morgan fingerprint density at radius 2 is 1.67 bits per heavy atom. The van der Waals surface area contributed by atoms with Gasteiger partial charge in [-0.25, -0.2) is 13.2 Å². The quantitative estimate of drug-likeness (QED) is 0.846. The van der Waals surface area contributed by atoms with Crippen molar-refractivity contribution < 1.29 is 13.2 Å². The average Bonchev–Trinajstić information content (AvgIpc) is 2.57. The van der Waals surface area contributed by atoms with E-state index >= 15 is 0 Å². The molecule has 0 bridgehead atoms. The Labute approximate surface area is 142 Å². The molecule has 5 nitrogen and oxygen atoms in total. The Kier molecular flexibility index (Phi) is 6.14. The van der Waals surface area contributed by atoms with Gasteiger partial charge >= 0.3 is 6.03 Å². The predicted octanol–water partition coefficient (Wildman–Crippen LogP) is 2.60. The Balaban J connectivity index is 1.74. The molecule has 0 aromatic heterocycles. The first-order valence-electron chi connectivity index (χ1n) is 7.47. The van der Waals surface area contributed by atoms with Crippen LogP contribution in [0.5, 0.6) is 0 Å². The lowest BCUT2D eigenvalue weighted by Gasteiger charge is -2.06. The third-order valence-corrected chi connectivity index (χ3v) is 4.42. The van der Waals surface area contributed by atoms with Gasteiger partial charge in [0, 0.05) is 19.3 Å². The maximum absolute atomic E-state index is 11.7. The molecule has 0 saturated heterocycles. The number of rotatable bonds is 6. The molecule has 0 atom stereocenters. The standard InChI is InChI=1S/C18H20N2O3S/c1-24(22,23)17-11-9-16(10-12-17)14-20-18(21)19-13-5-8-15-6-3-2-4-7-15/h2-12H,13-14H2,1H3,(H2,19,20,21)/b8-5-. The van der Waals surface area contributed by atoms with Crippen molar-refractivity contribution in [2.24, 2.45) is 0 Å². The van der Waals surface area contributed by atoms with Crippen LogP contribution in [0.2, 0.25) is 0 Å². The maximum Gasteiger partial charge on any atom is 0.315 e. The van der Waals surface area contributed by atoms with Crippen LogP contribution < -0.4 is 10.6 Å². The van der Waals surface area contributed by atoms with Gasteiger partial charge in [0.2, 0.25) is 0 Å². The second kappa shape index (κ2) is 8.31. The van der Waals surface area contributed by atoms with Crippen molar-refractivity contribution in [3.05, 3.63) is 71.8 Å². The van der Waals surface area contributed by atoms with Crippen LogP contribution in [0.4, 0.5) is 4.79 Å². The zero-order chi connectivity index (χ0) is 17.4. The minimum atomic E-state index is -3.20. The summed E-state index contributed by atoms with van der Waals surface area (Å²) in [6.45, 7) is 0.756. The van der Waals surface area contributed by atoms with Crippen LogP contribution in [-0.4, -0.2) is 27.2 Å². The van der Waals surface area contributed by atoms with Crippen LogP contribution in [0.1, 0.15) is 11.1 Å². The topological polar surface area (TPSA) is 75.3 Å². The molecule has 0 radical (unpaired) electrons. The fourth-order valence-electron chi connectivity index (χ4n) is 2.01. The number of hydrogen-bond acceptors (Lipinski definition) is 3. The molecule has 2 rings (SSSR count). The Morgan fingerprint density at radius 1 is 1.00 bits per heavy atom. The summed E-state index contributed by atoms with van der Waals surface area (Å²) in [5, 5.41) is 5.45. The van der Waals surface area contributed by atoms with E-state index in [1.165, 1.54) is 12.1 Å². The van der Waals surface area contributed by atoms with E-state index in [2.05, 4.69) is 10.6 Å². The van der Waals surface area contributed by atoms with Crippen LogP contribution in [0, 0.1) is 0 Å². The molecule has 0 aliphatic heterocycles. The van der Waals surface area contributed by atoms with E-state index in [1.54, 1.807) is 12.1 Å². The predicted molar refractivity (Wildman–Crippen MR) is 95.3 cm³/mol. The van der Waals surface area contributed by atoms with Crippen molar-refractivity contribution in [3.63, 3.8) is 0 Å². The van der Waals surface area contributed by atoms with Crippen molar-refractivity contribution in [2.45, 2.75) is 11.4 Å². The molecular formula is C18H20N2O3S. The average molecular weight is 344 g/mol. The van der Waals surface area contributed by atoms with E-state index in [0.29, 0.717) is 13.1 Å². The van der Waals surface area contributed by atoms with E-state index < -0.39 is 9.84 Å². The van der Waals surface area contributed by atoms with Gasteiger partial charge in [-0.15, -0.1) is 0 Å². The minimum Gasteiger partial charge on any atom is -0.335 e. The largest absolute Gasteiger partial charge is 0.335 e. The highest BCUT2D eigenvalue weighted by molar-refractivity contribution is 7.90. The van der Waals surface area contributed by atoms with Crippen LogP contribution in [0.3, 0.4) is 0 Å². The number of urea groups is 1. The smallest absolute Gasteiger partial charge is 0.315 e. The van der Waals surface area contributed by atoms with Crippen molar-refractivity contribution in [1.29, 1.82) is 0 Å². The second-order valence-corrected chi connectivity index (χ2v) is 7.31. The number of nitrogens with one attached hydrogen (secondary N) is 2. The molecule has 2 N–H and O–H groups in total. The van der Waals surface area contributed by atoms with Crippen molar-refractivity contribution >= 4 is 21.9 Å². The summed E-state index contributed by atoms with van der Waals surface area (Å²) < 4.78 is 22.7. The fraction of sp³-hybridized carbons (Fsp3) is 0.167. The SMILES string of the molecule is CS(=O)(=O)c1ccc(CNC(=O)NC/C=C\c2ccccc2)cc1. The zero-order valence-electron chi connectivity index (χ0n) is 13.4. The molecule has 0 fully saturated rings. The van der Waals surface area contributed by atoms with Gasteiger partial charge in [-0.2, -0.15) is 0 Å². The number of carbonyl (C=O) groups is 1. The molecule has 0 heterocycles. The lowest BCUT2D eigenvalue weighted by Crippen LogP contribution is -2.35. The van der Waals surface area contributed by atoms with E-state index in [9.17, 15) is 13.2 Å². The number of amides is 2. The summed E-state index contributed by atoms with van der Waals surface area (Å²) in [7, 11) is -3.20. The summed E-state index contributed by atoms with van der Waals surface area (Å²) in [5.74, 6) is 0. The summed E-state index contributed by atoms with van der Waals surface area (Å²) in [6, 6.07) is 16.0. The highest BCUT2D eigenvalue weighted by Crippen LogP contribution is 2.10. The first-order chi connectivity index (χ1) is 11.4. The Bertz CT molecular complexity index is 798. The third kappa shape index (κ3) is 5.89. The highest BCUT2D eigenvalue weighted by atomic mass is 32.2. The first kappa shape index (κ1) is 17.7. The first-order valence-corrected chi connectivity index (χ1v) is 9.36. The molecule has 2 aromatic carbocycles. The molecule has 2 aromatic rings. The summed E-state index contributed by atoms with van der Waals surface area (Å²) in [5.41, 5.74) is 1.91. The van der Waals surface area contributed by atoms with Crippen molar-refractivity contribution in [2.75, 3.05) is 12.8 Å². The molecular weight excluding hydrogens is 324 g/mol. The molecule has 0 saturated carbocycles. The Hall–Kier alpha value is -2.60. The molecule has 6 heteroatoms. The lowest BCUT2D eigenvalue weighted by atomic mass is 10.2. The van der Waals surface area contributed by atoms with Gasteiger partial charge in [-0.05, 0) is 23.3 Å². The van der Waals surface area contributed by atoms with Crippen LogP contribution in [-0.2, 0) is 16.4 Å². The van der Waals surface area contributed by atoms with E-state index in [-0.39, 0.29) is 10.9 Å². The number of sulfone groups is 1. The molecule has 0 unspecified atom stereocenters. The molecule has 0 spiro atoms. The van der Waals surface area contributed by atoms with Gasteiger partial charge in [0.25, 0.3) is 0 Å². The van der Waals surface area contributed by atoms with E-state index in [1.807, 2.05) is 42.5 Å². The highest BCUT2D eigenvalue weighted by Gasteiger charge is 2.06. The molecule has 0 aliphatic rings. The monoisotopic (exact) mass is 344 g/mol. The maximum atomic E-state index is 11.7. The van der Waals surface area contributed by atoms with Crippen LogP contribution >= 0.6 is 0 Å². The summed E-state index contributed by atoms with van der Waals surface area (Å²) in [6.07, 6.45) is 4.97. The normalized spacial score (nSPS) is 11.4. The number of benzene rings is 2. The fourth-order valence-corrected chi connectivity index (χ4v) is 2.64. The summed E-state index contributed by atoms with van der Waals surface area (Å²) in [4.78, 5) is 12.0. The van der Waals surface area contributed by atoms with Gasteiger partial charge in [0.1, 0.15) is 0 Å². The van der Waals surface area contributed by atoms with Crippen molar-refractivity contribution in [3.8, 4) is 0 Å². The van der Waals surface area contributed by atoms with Crippen molar-refractivity contribution in [1.82, 2.24) is 10.6 Å². The van der Waals surface area contributed by atoms with Gasteiger partial charge in [0.05, 0.1) is 4.90 Å². The number of hydrogen-bond donors (Lipinski definition) is 2. The van der Waals surface area contributed by atoms with Gasteiger partial charge < -0.3 is 10.6 Å². The number of carbonyl (C=O) groups excluding carboxylic acids is 1. The van der Waals surface area contributed by atoms with Crippen LogP contribution in [0.15, 0.2) is 65.6 Å². The lowest BCUT2D eigenvalue weighted by molar-refractivity contribution is 0.241. The van der Waals surface area contributed by atoms with Crippen LogP contribution in [0.25, 0.3) is 6.08 Å². The van der Waals surface area contributed by atoms with E-state index in [0.717, 1.165) is 17.4 Å². The van der Waals surface area contributed by atoms with Gasteiger partial charge in [0.15, 0.2) is 9.84 Å². The molecule has 24 heavy (non-hydrogen) atoms. The molecule has 0 aliphatic carbocycles. The third-order valence-electron chi connectivity index (χ3n) is 3.29. The molecule has 2 amide bonds. The Morgan fingerprint density at radius 3 is 2.29 bits per heavy atom. The van der Waals surface area contributed by atoms with Gasteiger partial charge in [-0.1, -0.05) is 54.6 Å². The minimum absolute atomic E-state index is 0.266. The van der Waals surface area contributed by atoms with Gasteiger partial charge in [-0.3, -0.25) is 0 Å². The zero-order valence-corrected chi connectivity index (χ0v) is 14.2. The second-order valence-electron chi connectivity index (χ2n) is 5.29.